The molecule has 7 rings (SSSR count). The number of aromatic amines is 1. The first-order valence-electron chi connectivity index (χ1n) is 15.8. The fourth-order valence-electron chi connectivity index (χ4n) is 7.31. The molecule has 2 amide bonds. The number of pyridine rings is 1. The summed E-state index contributed by atoms with van der Waals surface area (Å²) in [5.74, 6) is 0.433. The number of fused-ring (bicyclic) bond motifs is 3. The van der Waals surface area contributed by atoms with E-state index >= 15 is 0 Å². The monoisotopic (exact) mass is 597 g/mol. The van der Waals surface area contributed by atoms with Crippen LogP contribution in [0, 0.1) is 0 Å². The Morgan fingerprint density at radius 1 is 1.02 bits per heavy atom. The lowest BCUT2D eigenvalue weighted by Gasteiger charge is -2.39. The highest BCUT2D eigenvalue weighted by Gasteiger charge is 2.54. The van der Waals surface area contributed by atoms with E-state index in [0.717, 1.165) is 73.4 Å². The number of piperidine rings is 1. The second-order valence-corrected chi connectivity index (χ2v) is 12.3. The van der Waals surface area contributed by atoms with E-state index in [-0.39, 0.29) is 17.4 Å². The van der Waals surface area contributed by atoms with E-state index in [0.29, 0.717) is 63.7 Å². The van der Waals surface area contributed by atoms with Crippen molar-refractivity contribution in [3.05, 3.63) is 81.0 Å². The number of anilines is 2. The number of benzene rings is 1. The Bertz CT molecular complexity index is 1590. The van der Waals surface area contributed by atoms with Crippen molar-refractivity contribution in [1.29, 1.82) is 0 Å². The van der Waals surface area contributed by atoms with Gasteiger partial charge in [0.05, 0.1) is 30.9 Å². The zero-order valence-electron chi connectivity index (χ0n) is 25.0. The van der Waals surface area contributed by atoms with Crippen molar-refractivity contribution in [2.24, 2.45) is 0 Å². The number of nitrogens with one attached hydrogen (secondary N) is 2. The van der Waals surface area contributed by atoms with Crippen LogP contribution in [-0.4, -0.2) is 84.1 Å². The highest BCUT2D eigenvalue weighted by Crippen LogP contribution is 2.50. The maximum atomic E-state index is 14.5. The molecule has 3 aromatic rings. The van der Waals surface area contributed by atoms with E-state index in [9.17, 15) is 14.4 Å². The molecule has 3 aliphatic heterocycles. The Hall–Kier alpha value is -4.09. The van der Waals surface area contributed by atoms with Crippen LogP contribution in [0.2, 0.25) is 0 Å². The van der Waals surface area contributed by atoms with Gasteiger partial charge in [0.1, 0.15) is 0 Å². The van der Waals surface area contributed by atoms with Gasteiger partial charge in [0.25, 0.3) is 11.5 Å². The van der Waals surface area contributed by atoms with E-state index in [1.807, 2.05) is 35.2 Å². The molecule has 5 heterocycles. The quantitative estimate of drug-likeness (QED) is 0.425. The van der Waals surface area contributed by atoms with E-state index < -0.39 is 5.41 Å². The Labute approximate surface area is 256 Å². The number of rotatable bonds is 7. The minimum absolute atomic E-state index is 0.0106. The highest BCUT2D eigenvalue weighted by atomic mass is 16.5. The van der Waals surface area contributed by atoms with Gasteiger partial charge in [-0.1, -0.05) is 12.1 Å². The molecule has 0 unspecified atom stereocenters. The summed E-state index contributed by atoms with van der Waals surface area (Å²) < 4.78 is 5.44. The molecule has 2 saturated heterocycles. The predicted molar refractivity (Wildman–Crippen MR) is 166 cm³/mol. The van der Waals surface area contributed by atoms with Crippen LogP contribution in [0.1, 0.15) is 58.4 Å². The van der Waals surface area contributed by atoms with Crippen LogP contribution in [0.25, 0.3) is 0 Å². The number of morpholine rings is 1. The number of hydrogen-bond donors (Lipinski definition) is 2. The van der Waals surface area contributed by atoms with Gasteiger partial charge in [-0.05, 0) is 62.3 Å². The second-order valence-electron chi connectivity index (χ2n) is 12.3. The van der Waals surface area contributed by atoms with Gasteiger partial charge in [0, 0.05) is 74.0 Å². The minimum atomic E-state index is -0.847. The maximum Gasteiger partial charge on any atom is 0.255 e. The largest absolute Gasteiger partial charge is 0.379 e. The van der Waals surface area contributed by atoms with E-state index in [4.69, 9.17) is 9.72 Å². The summed E-state index contributed by atoms with van der Waals surface area (Å²) in [6, 6.07) is 9.51. The number of carbonyl (C=O) groups is 2. The number of amides is 2. The normalized spacial score (nSPS) is 19.6. The van der Waals surface area contributed by atoms with Gasteiger partial charge in [-0.25, -0.2) is 4.98 Å². The molecule has 11 heteroatoms. The Morgan fingerprint density at radius 2 is 1.84 bits per heavy atom. The fraction of sp³-hybridized carbons (Fsp3) is 0.485. The first-order valence-corrected chi connectivity index (χ1v) is 15.8. The van der Waals surface area contributed by atoms with Crippen molar-refractivity contribution >= 4 is 23.5 Å². The number of aryl methyl sites for hydroxylation is 1. The molecule has 1 aromatic carbocycles. The molecule has 2 fully saturated rings. The zero-order valence-corrected chi connectivity index (χ0v) is 25.0. The minimum Gasteiger partial charge on any atom is -0.379 e. The van der Waals surface area contributed by atoms with Crippen molar-refractivity contribution in [3.63, 3.8) is 0 Å². The van der Waals surface area contributed by atoms with Crippen LogP contribution in [0.4, 0.5) is 11.6 Å². The number of nitrogens with zero attached hydrogens (tertiary/aromatic N) is 5. The first-order chi connectivity index (χ1) is 21.5. The number of H-pyrrole nitrogens is 1. The molecule has 4 aliphatic rings. The lowest BCUT2D eigenvalue weighted by atomic mass is 9.72. The van der Waals surface area contributed by atoms with Crippen molar-refractivity contribution in [2.75, 3.05) is 62.3 Å². The molecule has 0 radical (unpaired) electrons. The van der Waals surface area contributed by atoms with Gasteiger partial charge >= 0.3 is 0 Å². The smallest absolute Gasteiger partial charge is 0.255 e. The molecule has 11 nitrogen and oxygen atoms in total. The zero-order chi connectivity index (χ0) is 30.1. The van der Waals surface area contributed by atoms with Crippen LogP contribution in [0.5, 0.6) is 0 Å². The average molecular weight is 598 g/mol. The lowest BCUT2D eigenvalue weighted by Crippen LogP contribution is -2.50. The summed E-state index contributed by atoms with van der Waals surface area (Å²) in [6.45, 7) is 5.88. The summed E-state index contributed by atoms with van der Waals surface area (Å²) >= 11 is 0. The molecule has 1 spiro atoms. The molecule has 44 heavy (non-hydrogen) atoms. The second kappa shape index (κ2) is 12.1. The molecule has 2 N–H and O–H groups in total. The van der Waals surface area contributed by atoms with Gasteiger partial charge in [-0.2, -0.15) is 0 Å². The fourth-order valence-corrected chi connectivity index (χ4v) is 7.31. The third kappa shape index (κ3) is 5.28. The van der Waals surface area contributed by atoms with Crippen molar-refractivity contribution in [3.8, 4) is 0 Å². The summed E-state index contributed by atoms with van der Waals surface area (Å²) in [5, 5.41) is 3.13. The molecule has 0 atom stereocenters. The van der Waals surface area contributed by atoms with Gasteiger partial charge in [0.2, 0.25) is 11.9 Å². The van der Waals surface area contributed by atoms with Crippen LogP contribution in [0.15, 0.2) is 47.5 Å². The summed E-state index contributed by atoms with van der Waals surface area (Å²) in [6.07, 6.45) is 8.19. The predicted octanol–water partition coefficient (Wildman–Crippen LogP) is 2.19. The molecular formula is C33H39N7O4. The molecule has 2 aromatic heterocycles. The van der Waals surface area contributed by atoms with E-state index in [1.165, 1.54) is 0 Å². The average Bonchev–Trinajstić information content (AvgIpc) is 3.28. The molecule has 0 saturated carbocycles. The maximum absolute atomic E-state index is 14.5. The number of ether oxygens (including phenoxy) is 1. The molecule has 0 bridgehead atoms. The van der Waals surface area contributed by atoms with Crippen molar-refractivity contribution in [1.82, 2.24) is 25.2 Å². The Balaban J connectivity index is 1.17. The summed E-state index contributed by atoms with van der Waals surface area (Å²) in [5.41, 5.74) is 3.89. The van der Waals surface area contributed by atoms with Gasteiger partial charge in [0.15, 0.2) is 0 Å². The van der Waals surface area contributed by atoms with Crippen molar-refractivity contribution < 1.29 is 14.3 Å². The third-order valence-electron chi connectivity index (χ3n) is 9.69. The van der Waals surface area contributed by atoms with Crippen LogP contribution >= 0.6 is 0 Å². The molecular weight excluding hydrogens is 558 g/mol. The summed E-state index contributed by atoms with van der Waals surface area (Å²) in [4.78, 5) is 59.4. The van der Waals surface area contributed by atoms with Gasteiger partial charge in [-0.15, -0.1) is 0 Å². The van der Waals surface area contributed by atoms with Crippen LogP contribution in [0.3, 0.4) is 0 Å². The first kappa shape index (κ1) is 28.7. The van der Waals surface area contributed by atoms with Crippen LogP contribution in [-0.2, 0) is 34.3 Å². The number of aromatic nitrogens is 3. The standard InChI is InChI=1S/C33H39N7O4/c41-29(35-13-16-38-17-19-44-20-18-38)25-7-3-9-27-28(25)33(31(43)40(27)22-23-5-4-12-34-21-23)10-14-39(15-11-33)32-36-26-8-2-1-6-24(26)30(42)37-32/h3-5,7,9,12,21H,1-2,6,8,10-11,13-20,22H2,(H,35,41)(H,36,37,42). The van der Waals surface area contributed by atoms with Gasteiger partial charge < -0.3 is 19.9 Å². The third-order valence-corrected chi connectivity index (χ3v) is 9.69. The van der Waals surface area contributed by atoms with Crippen LogP contribution < -0.4 is 20.7 Å². The van der Waals surface area contributed by atoms with Crippen molar-refractivity contribution in [2.45, 2.75) is 50.5 Å². The van der Waals surface area contributed by atoms with E-state index in [2.05, 4.69) is 25.1 Å². The summed E-state index contributed by atoms with van der Waals surface area (Å²) in [7, 11) is 0. The number of hydrogen-bond acceptors (Lipinski definition) is 8. The Kier molecular flexibility index (Phi) is 7.90. The Morgan fingerprint density at radius 3 is 2.64 bits per heavy atom. The topological polar surface area (TPSA) is 124 Å². The molecule has 230 valence electrons. The van der Waals surface area contributed by atoms with E-state index in [1.54, 1.807) is 12.4 Å². The lowest BCUT2D eigenvalue weighted by molar-refractivity contribution is -0.124. The number of carbonyl (C=O) groups excluding carboxylic acids is 2. The molecule has 1 aliphatic carbocycles. The SMILES string of the molecule is O=C(NCCN1CCOCC1)c1cccc2c1C1(CCN(c3nc4c(c(=O)[nH]3)CCCC4)CC1)C(=O)N2Cc1cccnc1. The highest BCUT2D eigenvalue weighted by molar-refractivity contribution is 6.12. The van der Waals surface area contributed by atoms with Gasteiger partial charge in [-0.3, -0.25) is 29.3 Å².